The van der Waals surface area contributed by atoms with E-state index in [9.17, 15) is 9.59 Å². The topological polar surface area (TPSA) is 49.4 Å². The van der Waals surface area contributed by atoms with Gasteiger partial charge in [0.15, 0.2) is 0 Å². The lowest BCUT2D eigenvalue weighted by Crippen LogP contribution is -2.49. The molecule has 1 N–H and O–H groups in total. The molecule has 0 radical (unpaired) electrons. The highest BCUT2D eigenvalue weighted by Crippen LogP contribution is 2.27. The summed E-state index contributed by atoms with van der Waals surface area (Å²) in [6.07, 6.45) is 0.501. The smallest absolute Gasteiger partial charge is 0.242 e. The summed E-state index contributed by atoms with van der Waals surface area (Å²) in [4.78, 5) is 27.5. The minimum Gasteiger partial charge on any atom is -0.355 e. The van der Waals surface area contributed by atoms with Crippen molar-refractivity contribution < 1.29 is 9.59 Å². The number of likely N-dealkylation sites (N-methyl/N-ethyl adjacent to an activating group) is 1. The quantitative estimate of drug-likeness (QED) is 0.468. The molecule has 0 aromatic heterocycles. The van der Waals surface area contributed by atoms with E-state index < -0.39 is 6.04 Å². The minimum absolute atomic E-state index is 0.108. The molecule has 4 nitrogen and oxygen atoms in total. The molecule has 2 aromatic rings. The number of amides is 2. The van der Waals surface area contributed by atoms with E-state index in [4.69, 9.17) is 23.2 Å². The van der Waals surface area contributed by atoms with Crippen LogP contribution in [0.3, 0.4) is 0 Å². The first-order valence-corrected chi connectivity index (χ1v) is 12.3. The Kier molecular flexibility index (Phi) is 10.2. The Labute approximate surface area is 199 Å². The number of carbonyl (C=O) groups excluding carboxylic acids is 2. The van der Waals surface area contributed by atoms with Crippen molar-refractivity contribution in [3.63, 3.8) is 0 Å². The minimum atomic E-state index is -0.582. The van der Waals surface area contributed by atoms with Crippen LogP contribution in [0.1, 0.15) is 42.5 Å². The van der Waals surface area contributed by atoms with Crippen LogP contribution in [0.4, 0.5) is 0 Å². The molecule has 0 aliphatic heterocycles. The van der Waals surface area contributed by atoms with Gasteiger partial charge in [0.05, 0.1) is 5.75 Å². The maximum Gasteiger partial charge on any atom is 0.242 e. The van der Waals surface area contributed by atoms with E-state index in [1.54, 1.807) is 34.9 Å². The molecule has 0 fully saturated rings. The fourth-order valence-electron chi connectivity index (χ4n) is 3.56. The summed E-state index contributed by atoms with van der Waals surface area (Å²) in [6.45, 7) is 8.60. The molecule has 0 aliphatic carbocycles. The lowest BCUT2D eigenvalue weighted by Gasteiger charge is -2.31. The maximum absolute atomic E-state index is 13.2. The second kappa shape index (κ2) is 12.4. The van der Waals surface area contributed by atoms with Gasteiger partial charge in [0.1, 0.15) is 6.04 Å². The van der Waals surface area contributed by atoms with Crippen LogP contribution in [0.15, 0.2) is 36.4 Å². The van der Waals surface area contributed by atoms with E-state index in [-0.39, 0.29) is 24.1 Å². The number of aryl methyl sites for hydroxylation is 2. The Hall–Kier alpha value is -1.69. The SMILES string of the molecule is CCNC(=O)C(CC)N(Cc1c(Cl)cccc1Cl)C(=O)CSCc1cc(C)cc(C)c1. The van der Waals surface area contributed by atoms with Gasteiger partial charge in [-0.05, 0) is 44.9 Å². The molecular weight excluding hydrogens is 451 g/mol. The van der Waals surface area contributed by atoms with Gasteiger partial charge in [-0.15, -0.1) is 11.8 Å². The highest BCUT2D eigenvalue weighted by molar-refractivity contribution is 7.99. The van der Waals surface area contributed by atoms with Crippen LogP contribution in [0, 0.1) is 13.8 Å². The normalized spacial score (nSPS) is 11.8. The van der Waals surface area contributed by atoms with Gasteiger partial charge < -0.3 is 10.2 Å². The van der Waals surface area contributed by atoms with E-state index in [1.165, 1.54) is 16.7 Å². The van der Waals surface area contributed by atoms with Crippen LogP contribution < -0.4 is 5.32 Å². The predicted molar refractivity (Wildman–Crippen MR) is 132 cm³/mol. The van der Waals surface area contributed by atoms with Crippen LogP contribution in [-0.2, 0) is 21.9 Å². The Morgan fingerprint density at radius 2 is 1.68 bits per heavy atom. The molecule has 1 unspecified atom stereocenters. The number of nitrogens with zero attached hydrogens (tertiary/aromatic N) is 1. The molecule has 0 saturated heterocycles. The molecule has 1 atom stereocenters. The van der Waals surface area contributed by atoms with Gasteiger partial charge in [-0.3, -0.25) is 9.59 Å². The number of thioether (sulfide) groups is 1. The Balaban J connectivity index is 2.19. The third kappa shape index (κ3) is 7.44. The zero-order valence-corrected chi connectivity index (χ0v) is 20.8. The number of nitrogens with one attached hydrogen (secondary N) is 1. The van der Waals surface area contributed by atoms with Crippen LogP contribution in [-0.4, -0.2) is 35.1 Å². The number of halogens is 2. The molecule has 0 heterocycles. The largest absolute Gasteiger partial charge is 0.355 e. The summed E-state index contributed by atoms with van der Waals surface area (Å²) >= 11 is 14.2. The fraction of sp³-hybridized carbons (Fsp3) is 0.417. The second-order valence-corrected chi connectivity index (χ2v) is 9.33. The third-order valence-corrected chi connectivity index (χ3v) is 6.60. The van der Waals surface area contributed by atoms with Crippen LogP contribution in [0.5, 0.6) is 0 Å². The molecular formula is C24H30Cl2N2O2S. The molecule has 0 bridgehead atoms. The van der Waals surface area contributed by atoms with Gasteiger partial charge in [-0.25, -0.2) is 0 Å². The van der Waals surface area contributed by atoms with Gasteiger partial charge in [-0.2, -0.15) is 0 Å². The van der Waals surface area contributed by atoms with E-state index >= 15 is 0 Å². The average Bonchev–Trinajstić information content (AvgIpc) is 2.69. The number of hydrogen-bond donors (Lipinski definition) is 1. The molecule has 0 aliphatic rings. The van der Waals surface area contributed by atoms with Gasteiger partial charge in [-0.1, -0.05) is 65.5 Å². The van der Waals surface area contributed by atoms with E-state index in [1.807, 2.05) is 13.8 Å². The van der Waals surface area contributed by atoms with Gasteiger partial charge >= 0.3 is 0 Å². The van der Waals surface area contributed by atoms with Crippen molar-refractivity contribution in [2.75, 3.05) is 12.3 Å². The zero-order chi connectivity index (χ0) is 23.0. The van der Waals surface area contributed by atoms with Gasteiger partial charge in [0.25, 0.3) is 0 Å². The Morgan fingerprint density at radius 1 is 1.06 bits per heavy atom. The van der Waals surface area contributed by atoms with E-state index in [2.05, 4.69) is 37.4 Å². The summed E-state index contributed by atoms with van der Waals surface area (Å²) in [5.41, 5.74) is 4.26. The molecule has 168 valence electrons. The highest BCUT2D eigenvalue weighted by Gasteiger charge is 2.29. The van der Waals surface area contributed by atoms with Crippen LogP contribution >= 0.6 is 35.0 Å². The number of benzene rings is 2. The van der Waals surface area contributed by atoms with Crippen molar-refractivity contribution in [2.45, 2.75) is 52.5 Å². The molecule has 0 saturated carbocycles. The van der Waals surface area contributed by atoms with Crippen molar-refractivity contribution in [1.82, 2.24) is 10.2 Å². The first kappa shape index (κ1) is 25.6. The summed E-state index contributed by atoms with van der Waals surface area (Å²) in [6, 6.07) is 11.1. The Morgan fingerprint density at radius 3 is 2.23 bits per heavy atom. The average molecular weight is 481 g/mol. The molecule has 31 heavy (non-hydrogen) atoms. The first-order chi connectivity index (χ1) is 14.8. The zero-order valence-electron chi connectivity index (χ0n) is 18.5. The maximum atomic E-state index is 13.2. The molecule has 2 amide bonds. The van der Waals surface area contributed by atoms with E-state index in [0.717, 1.165) is 5.75 Å². The predicted octanol–water partition coefficient (Wildman–Crippen LogP) is 5.79. The van der Waals surface area contributed by atoms with Crippen molar-refractivity contribution in [1.29, 1.82) is 0 Å². The highest BCUT2D eigenvalue weighted by atomic mass is 35.5. The van der Waals surface area contributed by atoms with Crippen LogP contribution in [0.2, 0.25) is 10.0 Å². The van der Waals surface area contributed by atoms with Gasteiger partial charge in [0, 0.05) is 34.5 Å². The second-order valence-electron chi connectivity index (χ2n) is 7.53. The number of carbonyl (C=O) groups is 2. The summed E-state index contributed by atoms with van der Waals surface area (Å²) in [5, 5.41) is 3.81. The van der Waals surface area contributed by atoms with Gasteiger partial charge in [0.2, 0.25) is 11.8 Å². The summed E-state index contributed by atoms with van der Waals surface area (Å²) in [7, 11) is 0. The van der Waals surface area contributed by atoms with Crippen molar-refractivity contribution >= 4 is 46.8 Å². The molecule has 2 rings (SSSR count). The summed E-state index contributed by atoms with van der Waals surface area (Å²) < 4.78 is 0. The Bertz CT molecular complexity index is 880. The lowest BCUT2D eigenvalue weighted by molar-refractivity contribution is -0.139. The number of rotatable bonds is 10. The molecule has 7 heteroatoms. The fourth-order valence-corrected chi connectivity index (χ4v) is 4.92. The summed E-state index contributed by atoms with van der Waals surface area (Å²) in [5.74, 6) is 0.724. The monoisotopic (exact) mass is 480 g/mol. The number of hydrogen-bond acceptors (Lipinski definition) is 3. The lowest BCUT2D eigenvalue weighted by atomic mass is 10.1. The third-order valence-electron chi connectivity index (χ3n) is 4.90. The van der Waals surface area contributed by atoms with Crippen molar-refractivity contribution in [3.8, 4) is 0 Å². The first-order valence-electron chi connectivity index (χ1n) is 10.4. The van der Waals surface area contributed by atoms with Crippen molar-refractivity contribution in [3.05, 3.63) is 68.7 Å². The standard InChI is InChI=1S/C24H30Cl2N2O2S/c1-5-22(24(30)27-6-2)28(13-19-20(25)8-7-9-21(19)26)23(29)15-31-14-18-11-16(3)10-17(4)12-18/h7-12,22H,5-6,13-15H2,1-4H3,(H,27,30). The van der Waals surface area contributed by atoms with E-state index in [0.29, 0.717) is 28.6 Å². The molecule has 2 aromatic carbocycles. The van der Waals surface area contributed by atoms with Crippen LogP contribution in [0.25, 0.3) is 0 Å². The molecule has 0 spiro atoms. The van der Waals surface area contributed by atoms with Crippen molar-refractivity contribution in [2.24, 2.45) is 0 Å².